The Hall–Kier alpha value is -1.59. The third-order valence-corrected chi connectivity index (χ3v) is 7.99. The first-order chi connectivity index (χ1) is 14.6. The van der Waals surface area contributed by atoms with Crippen LogP contribution in [0.1, 0.15) is 75.7 Å². The second kappa shape index (κ2) is 8.51. The summed E-state index contributed by atoms with van der Waals surface area (Å²) >= 11 is 0. The molecule has 164 valence electrons. The fourth-order valence-corrected chi connectivity index (χ4v) is 5.68. The quantitative estimate of drug-likeness (QED) is 0.723. The highest BCUT2D eigenvalue weighted by atomic mass is 16.7. The van der Waals surface area contributed by atoms with Crippen LogP contribution in [0.25, 0.3) is 0 Å². The maximum atomic E-state index is 12.1. The number of Topliss-reactive ketones (excluding diaryl/α,β-unsaturated/α-hetero) is 1. The molecule has 0 amide bonds. The number of aliphatic hydroxyl groups is 1. The predicted molar refractivity (Wildman–Crippen MR) is 115 cm³/mol. The van der Waals surface area contributed by atoms with Gasteiger partial charge >= 0.3 is 0 Å². The number of ether oxygens (including phenoxy) is 2. The minimum Gasteiger partial charge on any atom is -0.454 e. The van der Waals surface area contributed by atoms with Gasteiger partial charge in [-0.05, 0) is 88.4 Å². The Kier molecular flexibility index (Phi) is 5.76. The van der Waals surface area contributed by atoms with Crippen LogP contribution in [0.4, 0.5) is 0 Å². The van der Waals surface area contributed by atoms with Crippen LogP contribution in [0.3, 0.4) is 0 Å². The predicted octanol–water partition coefficient (Wildman–Crippen LogP) is 4.28. The van der Waals surface area contributed by atoms with E-state index in [9.17, 15) is 9.90 Å². The van der Waals surface area contributed by atoms with E-state index in [1.807, 2.05) is 6.07 Å². The second-order valence-electron chi connectivity index (χ2n) is 10.0. The Morgan fingerprint density at radius 3 is 2.50 bits per heavy atom. The highest BCUT2D eigenvalue weighted by molar-refractivity contribution is 5.89. The van der Waals surface area contributed by atoms with Crippen molar-refractivity contribution >= 4 is 5.78 Å². The lowest BCUT2D eigenvalue weighted by Crippen LogP contribution is -2.35. The standard InChI is InChI=1S/C25H35NO4/c27-23(25(28)11-12-25)16-19-6-4-18(5-7-19)8-13-26-14-9-20(10-15-26)21-2-1-3-22-24(21)30-17-29-22/h1-3,18-20,28H,4-17H2. The first-order valence-corrected chi connectivity index (χ1v) is 12.0. The van der Waals surface area contributed by atoms with Crippen molar-refractivity contribution in [1.82, 2.24) is 4.90 Å². The molecule has 0 unspecified atom stereocenters. The average Bonchev–Trinajstić information content (AvgIpc) is 3.34. The van der Waals surface area contributed by atoms with Gasteiger partial charge in [0.25, 0.3) is 0 Å². The highest BCUT2D eigenvalue weighted by Gasteiger charge is 2.47. The monoisotopic (exact) mass is 413 g/mol. The molecule has 1 aromatic rings. The number of piperidine rings is 1. The van der Waals surface area contributed by atoms with Gasteiger partial charge in [-0.3, -0.25) is 4.79 Å². The van der Waals surface area contributed by atoms with Crippen LogP contribution in [0.15, 0.2) is 18.2 Å². The van der Waals surface area contributed by atoms with Crippen LogP contribution in [-0.4, -0.2) is 47.8 Å². The van der Waals surface area contributed by atoms with Gasteiger partial charge < -0.3 is 19.5 Å². The van der Waals surface area contributed by atoms with Crippen molar-refractivity contribution in [3.63, 3.8) is 0 Å². The summed E-state index contributed by atoms with van der Waals surface area (Å²) in [5, 5.41) is 9.98. The molecular formula is C25H35NO4. The van der Waals surface area contributed by atoms with Gasteiger partial charge in [0.2, 0.25) is 6.79 Å². The fraction of sp³-hybridized carbons (Fsp3) is 0.720. The molecule has 2 heterocycles. The Morgan fingerprint density at radius 1 is 1.03 bits per heavy atom. The molecule has 1 saturated heterocycles. The number of para-hydroxylation sites is 1. The molecule has 2 aliphatic heterocycles. The van der Waals surface area contributed by atoms with E-state index in [0.29, 0.717) is 37.9 Å². The number of carbonyl (C=O) groups excluding carboxylic acids is 1. The number of ketones is 1. The van der Waals surface area contributed by atoms with Gasteiger partial charge in [-0.25, -0.2) is 0 Å². The maximum Gasteiger partial charge on any atom is 0.231 e. The van der Waals surface area contributed by atoms with Crippen molar-refractivity contribution in [2.75, 3.05) is 26.4 Å². The van der Waals surface area contributed by atoms with E-state index in [1.165, 1.54) is 44.2 Å². The molecular weight excluding hydrogens is 378 g/mol. The minimum atomic E-state index is -0.929. The van der Waals surface area contributed by atoms with E-state index in [4.69, 9.17) is 9.47 Å². The molecule has 0 atom stereocenters. The van der Waals surface area contributed by atoms with Crippen LogP contribution >= 0.6 is 0 Å². The summed E-state index contributed by atoms with van der Waals surface area (Å²) in [6, 6.07) is 6.29. The molecule has 0 aromatic heterocycles. The van der Waals surface area contributed by atoms with Gasteiger partial charge in [-0.2, -0.15) is 0 Å². The summed E-state index contributed by atoms with van der Waals surface area (Å²) < 4.78 is 11.3. The SMILES string of the molecule is O=C(CC1CCC(CCN2CCC(c3cccc4c3OCO4)CC2)CC1)C1(O)CC1. The number of nitrogens with zero attached hydrogens (tertiary/aromatic N) is 1. The largest absolute Gasteiger partial charge is 0.454 e. The molecule has 4 aliphatic rings. The Labute approximate surface area is 179 Å². The van der Waals surface area contributed by atoms with Crippen molar-refractivity contribution in [3.8, 4) is 11.5 Å². The zero-order chi connectivity index (χ0) is 20.6. The summed E-state index contributed by atoms with van der Waals surface area (Å²) in [7, 11) is 0. The van der Waals surface area contributed by atoms with E-state index in [-0.39, 0.29) is 5.78 Å². The highest BCUT2D eigenvalue weighted by Crippen LogP contribution is 2.43. The molecule has 5 heteroatoms. The molecule has 1 N–H and O–H groups in total. The number of likely N-dealkylation sites (tertiary alicyclic amines) is 1. The zero-order valence-corrected chi connectivity index (χ0v) is 18.0. The Balaban J connectivity index is 1.02. The van der Waals surface area contributed by atoms with Gasteiger partial charge in [-0.1, -0.05) is 25.0 Å². The van der Waals surface area contributed by atoms with E-state index in [0.717, 1.165) is 43.3 Å². The van der Waals surface area contributed by atoms with Crippen LogP contribution < -0.4 is 9.47 Å². The number of rotatable bonds is 7. The number of benzene rings is 1. The molecule has 0 radical (unpaired) electrons. The third-order valence-electron chi connectivity index (χ3n) is 7.99. The lowest BCUT2D eigenvalue weighted by molar-refractivity contribution is -0.130. The summed E-state index contributed by atoms with van der Waals surface area (Å²) in [5.41, 5.74) is 0.399. The number of carbonyl (C=O) groups is 1. The maximum absolute atomic E-state index is 12.1. The molecule has 2 saturated carbocycles. The summed E-state index contributed by atoms with van der Waals surface area (Å²) in [6.07, 6.45) is 10.5. The molecule has 3 fully saturated rings. The first kappa shape index (κ1) is 20.3. The van der Waals surface area contributed by atoms with E-state index in [2.05, 4.69) is 17.0 Å². The number of fused-ring (bicyclic) bond motifs is 1. The summed E-state index contributed by atoms with van der Waals surface area (Å²) in [4.78, 5) is 14.8. The molecule has 1 aromatic carbocycles. The van der Waals surface area contributed by atoms with Gasteiger partial charge in [0, 0.05) is 12.0 Å². The lowest BCUT2D eigenvalue weighted by Gasteiger charge is -2.34. The molecule has 30 heavy (non-hydrogen) atoms. The van der Waals surface area contributed by atoms with E-state index < -0.39 is 5.60 Å². The lowest BCUT2D eigenvalue weighted by atomic mass is 9.78. The molecule has 2 aliphatic carbocycles. The molecule has 0 spiro atoms. The number of hydrogen-bond acceptors (Lipinski definition) is 5. The topological polar surface area (TPSA) is 59.0 Å². The normalized spacial score (nSPS) is 28.4. The van der Waals surface area contributed by atoms with Crippen LogP contribution in [0.5, 0.6) is 11.5 Å². The first-order valence-electron chi connectivity index (χ1n) is 12.0. The van der Waals surface area contributed by atoms with Crippen LogP contribution in [-0.2, 0) is 4.79 Å². The van der Waals surface area contributed by atoms with Crippen molar-refractivity contribution in [1.29, 1.82) is 0 Å². The second-order valence-corrected chi connectivity index (χ2v) is 10.0. The van der Waals surface area contributed by atoms with Crippen molar-refractivity contribution in [3.05, 3.63) is 23.8 Å². The third kappa shape index (κ3) is 4.38. The fourth-order valence-electron chi connectivity index (χ4n) is 5.68. The summed E-state index contributed by atoms with van der Waals surface area (Å²) in [6.45, 7) is 3.88. The Morgan fingerprint density at radius 2 is 1.77 bits per heavy atom. The van der Waals surface area contributed by atoms with E-state index in [1.54, 1.807) is 0 Å². The molecule has 0 bridgehead atoms. The van der Waals surface area contributed by atoms with Gasteiger partial charge in [0.05, 0.1) is 0 Å². The molecule has 5 rings (SSSR count). The summed E-state index contributed by atoms with van der Waals surface area (Å²) in [5.74, 6) is 3.87. The van der Waals surface area contributed by atoms with Gasteiger partial charge in [-0.15, -0.1) is 0 Å². The van der Waals surface area contributed by atoms with Crippen LogP contribution in [0, 0.1) is 11.8 Å². The zero-order valence-electron chi connectivity index (χ0n) is 18.0. The van der Waals surface area contributed by atoms with Crippen molar-refractivity contribution < 1.29 is 19.4 Å². The smallest absolute Gasteiger partial charge is 0.231 e. The van der Waals surface area contributed by atoms with E-state index >= 15 is 0 Å². The molecule has 5 nitrogen and oxygen atoms in total. The van der Waals surface area contributed by atoms with Gasteiger partial charge in [0.1, 0.15) is 5.60 Å². The Bertz CT molecular complexity index is 758. The van der Waals surface area contributed by atoms with Crippen molar-refractivity contribution in [2.45, 2.75) is 75.7 Å². The average molecular weight is 414 g/mol. The number of hydrogen-bond donors (Lipinski definition) is 1. The van der Waals surface area contributed by atoms with Crippen molar-refractivity contribution in [2.24, 2.45) is 11.8 Å². The van der Waals surface area contributed by atoms with Gasteiger partial charge in [0.15, 0.2) is 17.3 Å². The van der Waals surface area contributed by atoms with Crippen LogP contribution in [0.2, 0.25) is 0 Å². The minimum absolute atomic E-state index is 0.106.